The van der Waals surface area contributed by atoms with Crippen LogP contribution in [0.3, 0.4) is 0 Å². The van der Waals surface area contributed by atoms with Crippen molar-refractivity contribution in [2.45, 2.75) is 24.6 Å². The van der Waals surface area contributed by atoms with Crippen molar-refractivity contribution in [2.24, 2.45) is 0 Å². The van der Waals surface area contributed by atoms with Crippen molar-refractivity contribution in [3.05, 3.63) is 34.3 Å². The van der Waals surface area contributed by atoms with Crippen LogP contribution in [0.15, 0.2) is 28.7 Å². The van der Waals surface area contributed by atoms with Crippen molar-refractivity contribution in [1.82, 2.24) is 5.32 Å². The highest BCUT2D eigenvalue weighted by atomic mass is 79.9. The van der Waals surface area contributed by atoms with E-state index in [4.69, 9.17) is 0 Å². The first kappa shape index (κ1) is 12.3. The second-order valence-corrected chi connectivity index (χ2v) is 6.96. The van der Waals surface area contributed by atoms with E-state index < -0.39 is 10.8 Å². The Morgan fingerprint density at radius 3 is 2.75 bits per heavy atom. The number of halogens is 1. The van der Waals surface area contributed by atoms with Gasteiger partial charge in [-0.3, -0.25) is 4.21 Å². The van der Waals surface area contributed by atoms with E-state index in [0.29, 0.717) is 0 Å². The van der Waals surface area contributed by atoms with Gasteiger partial charge >= 0.3 is 0 Å². The van der Waals surface area contributed by atoms with Gasteiger partial charge in [-0.1, -0.05) is 28.1 Å². The number of rotatable bonds is 1. The largest absolute Gasteiger partial charge is 0.309 e. The van der Waals surface area contributed by atoms with Crippen LogP contribution in [0.2, 0.25) is 0 Å². The van der Waals surface area contributed by atoms with Gasteiger partial charge in [0.1, 0.15) is 0 Å². The maximum atomic E-state index is 11.9. The lowest BCUT2D eigenvalue weighted by Gasteiger charge is -2.22. The van der Waals surface area contributed by atoms with Crippen LogP contribution in [0.5, 0.6) is 0 Å². The summed E-state index contributed by atoms with van der Waals surface area (Å²) in [4.78, 5) is 0. The van der Waals surface area contributed by atoms with E-state index in [0.717, 1.165) is 23.2 Å². The Kier molecular flexibility index (Phi) is 4.16. The zero-order valence-electron chi connectivity index (χ0n) is 9.28. The Hall–Kier alpha value is -0.190. The second-order valence-electron chi connectivity index (χ2n) is 4.13. The summed E-state index contributed by atoms with van der Waals surface area (Å²) in [7, 11) is -0.712. The highest BCUT2D eigenvalue weighted by Crippen LogP contribution is 2.24. The fourth-order valence-corrected chi connectivity index (χ4v) is 3.66. The molecule has 1 N–H and O–H groups in total. The minimum Gasteiger partial charge on any atom is -0.309 e. The highest BCUT2D eigenvalue weighted by Gasteiger charge is 2.26. The summed E-state index contributed by atoms with van der Waals surface area (Å²) >= 11 is 3.43. The van der Waals surface area contributed by atoms with E-state index in [2.05, 4.69) is 40.3 Å². The van der Waals surface area contributed by atoms with Gasteiger partial charge in [-0.15, -0.1) is 0 Å². The van der Waals surface area contributed by atoms with Crippen molar-refractivity contribution in [2.75, 3.05) is 12.3 Å². The molecular weight excluding hydrogens is 286 g/mol. The summed E-state index contributed by atoms with van der Waals surface area (Å²) < 4.78 is 13.0. The lowest BCUT2D eigenvalue weighted by Crippen LogP contribution is -2.30. The van der Waals surface area contributed by atoms with Crippen molar-refractivity contribution in [3.8, 4) is 0 Å². The van der Waals surface area contributed by atoms with Crippen LogP contribution in [0.4, 0.5) is 0 Å². The van der Waals surface area contributed by atoms with E-state index in [1.54, 1.807) is 0 Å². The van der Waals surface area contributed by atoms with Crippen LogP contribution in [0.1, 0.15) is 24.9 Å². The molecule has 1 aliphatic rings. The quantitative estimate of drug-likeness (QED) is 0.864. The van der Waals surface area contributed by atoms with Gasteiger partial charge in [-0.05, 0) is 37.6 Å². The molecule has 1 fully saturated rings. The third-order valence-corrected chi connectivity index (χ3v) is 5.32. The Labute approximate surface area is 107 Å². The molecule has 3 unspecified atom stereocenters. The summed E-state index contributed by atoms with van der Waals surface area (Å²) in [5, 5.41) is 3.67. The zero-order chi connectivity index (χ0) is 11.5. The van der Waals surface area contributed by atoms with Gasteiger partial charge in [-0.25, -0.2) is 0 Å². The Bertz CT molecular complexity index is 379. The molecule has 1 saturated heterocycles. The normalized spacial score (nSPS) is 31.0. The van der Waals surface area contributed by atoms with E-state index in [1.807, 2.05) is 12.1 Å². The van der Waals surface area contributed by atoms with Gasteiger partial charge in [0, 0.05) is 27.1 Å². The van der Waals surface area contributed by atoms with Gasteiger partial charge in [0.2, 0.25) is 0 Å². The molecule has 0 bridgehead atoms. The first-order valence-corrected chi connectivity index (χ1v) is 7.72. The molecule has 0 amide bonds. The molecule has 3 atom stereocenters. The summed E-state index contributed by atoms with van der Waals surface area (Å²) in [6, 6.07) is 8.49. The van der Waals surface area contributed by atoms with Gasteiger partial charge in [0.05, 0.1) is 5.25 Å². The van der Waals surface area contributed by atoms with E-state index in [-0.39, 0.29) is 11.3 Å². The summed E-state index contributed by atoms with van der Waals surface area (Å²) in [5.74, 6) is 0.821. The lowest BCUT2D eigenvalue weighted by atomic mass is 10.0. The Morgan fingerprint density at radius 2 is 2.06 bits per heavy atom. The third-order valence-electron chi connectivity index (χ3n) is 3.00. The van der Waals surface area contributed by atoms with Crippen LogP contribution in [0.25, 0.3) is 0 Å². The fraction of sp³-hybridized carbons (Fsp3) is 0.500. The summed E-state index contributed by atoms with van der Waals surface area (Å²) in [5.41, 5.74) is 1.23. The van der Waals surface area contributed by atoms with Crippen LogP contribution in [-0.2, 0) is 10.8 Å². The number of benzene rings is 1. The molecule has 1 heterocycles. The Morgan fingerprint density at radius 1 is 1.38 bits per heavy atom. The Balaban J connectivity index is 2.23. The molecule has 1 aliphatic heterocycles. The molecule has 88 valence electrons. The predicted molar refractivity (Wildman–Crippen MR) is 72.0 cm³/mol. The molecule has 4 heteroatoms. The maximum absolute atomic E-state index is 11.9. The smallest absolute Gasteiger partial charge is 0.0514 e. The number of hydrogen-bond donors (Lipinski definition) is 1. The maximum Gasteiger partial charge on any atom is 0.0514 e. The first-order valence-electron chi connectivity index (χ1n) is 5.54. The molecule has 1 aromatic carbocycles. The highest BCUT2D eigenvalue weighted by molar-refractivity contribution is 9.10. The minimum absolute atomic E-state index is 0.184. The van der Waals surface area contributed by atoms with Crippen LogP contribution in [0, 0.1) is 0 Å². The summed E-state index contributed by atoms with van der Waals surface area (Å²) in [6.07, 6.45) is 1.00. The first-order chi connectivity index (χ1) is 7.68. The van der Waals surface area contributed by atoms with Gasteiger partial charge in [0.25, 0.3) is 0 Å². The number of nitrogens with one attached hydrogen (secondary N) is 1. The topological polar surface area (TPSA) is 29.1 Å². The molecule has 0 spiro atoms. The molecule has 16 heavy (non-hydrogen) atoms. The zero-order valence-corrected chi connectivity index (χ0v) is 11.7. The molecule has 0 aromatic heterocycles. The van der Waals surface area contributed by atoms with Gasteiger partial charge in [-0.2, -0.15) is 0 Å². The van der Waals surface area contributed by atoms with Crippen LogP contribution >= 0.6 is 15.9 Å². The average molecular weight is 302 g/mol. The SMILES string of the molecule is CC1C(c2ccc(Br)cc2)NCCCS1=O. The van der Waals surface area contributed by atoms with Crippen molar-refractivity contribution in [1.29, 1.82) is 0 Å². The van der Waals surface area contributed by atoms with E-state index >= 15 is 0 Å². The van der Waals surface area contributed by atoms with Gasteiger partial charge < -0.3 is 5.32 Å². The van der Waals surface area contributed by atoms with Crippen molar-refractivity contribution in [3.63, 3.8) is 0 Å². The molecule has 0 aliphatic carbocycles. The standard InChI is InChI=1S/C12H16BrNOS/c1-9-12(14-7-2-8-16(9)15)10-3-5-11(13)6-4-10/h3-6,9,12,14H,2,7-8H2,1H3. The average Bonchev–Trinajstić information content (AvgIpc) is 2.44. The van der Waals surface area contributed by atoms with Crippen LogP contribution in [-0.4, -0.2) is 21.8 Å². The molecule has 2 nitrogen and oxygen atoms in total. The third kappa shape index (κ3) is 2.73. The molecular formula is C12H16BrNOS. The molecule has 0 saturated carbocycles. The lowest BCUT2D eigenvalue weighted by molar-refractivity contribution is 0.535. The molecule has 0 radical (unpaired) electrons. The predicted octanol–water partition coefficient (Wildman–Crippen LogP) is 2.62. The van der Waals surface area contributed by atoms with Crippen molar-refractivity contribution >= 4 is 26.7 Å². The van der Waals surface area contributed by atoms with Crippen molar-refractivity contribution < 1.29 is 4.21 Å². The minimum atomic E-state index is -0.712. The molecule has 2 rings (SSSR count). The number of hydrogen-bond acceptors (Lipinski definition) is 2. The van der Waals surface area contributed by atoms with Gasteiger partial charge in [0.15, 0.2) is 0 Å². The fourth-order valence-electron chi connectivity index (χ4n) is 2.03. The summed E-state index contributed by atoms with van der Waals surface area (Å²) in [6.45, 7) is 3.03. The van der Waals surface area contributed by atoms with E-state index in [1.165, 1.54) is 5.56 Å². The van der Waals surface area contributed by atoms with E-state index in [9.17, 15) is 4.21 Å². The van der Waals surface area contributed by atoms with Crippen LogP contribution < -0.4 is 5.32 Å². The molecule has 1 aromatic rings. The second kappa shape index (κ2) is 5.43. The monoisotopic (exact) mass is 301 g/mol.